The topological polar surface area (TPSA) is 62.5 Å². The zero-order valence-corrected chi connectivity index (χ0v) is 12.0. The van der Waals surface area contributed by atoms with Crippen LogP contribution in [0.15, 0.2) is 42.5 Å². The van der Waals surface area contributed by atoms with Gasteiger partial charge in [0.1, 0.15) is 12.7 Å². The van der Waals surface area contributed by atoms with Gasteiger partial charge in [0, 0.05) is 0 Å². The van der Waals surface area contributed by atoms with Crippen LogP contribution in [0.1, 0.15) is 22.8 Å². The van der Waals surface area contributed by atoms with Crippen molar-refractivity contribution >= 4 is 0 Å². The molecule has 4 heteroatoms. The largest absolute Gasteiger partial charge is 0.493 e. The molecule has 1 unspecified atom stereocenters. The Balaban J connectivity index is 2.03. The summed E-state index contributed by atoms with van der Waals surface area (Å²) >= 11 is 0. The summed E-state index contributed by atoms with van der Waals surface area (Å²) in [4.78, 5) is 0. The number of ether oxygens (including phenoxy) is 2. The van der Waals surface area contributed by atoms with Crippen LogP contribution in [0.4, 0.5) is 0 Å². The van der Waals surface area contributed by atoms with Crippen molar-refractivity contribution in [3.63, 3.8) is 0 Å². The van der Waals surface area contributed by atoms with Crippen molar-refractivity contribution < 1.29 is 14.6 Å². The summed E-state index contributed by atoms with van der Waals surface area (Å²) in [6, 6.07) is 14.4. The van der Waals surface area contributed by atoms with E-state index in [4.69, 9.17) is 14.7 Å². The molecule has 0 radical (unpaired) electrons. The van der Waals surface area contributed by atoms with E-state index in [1.165, 1.54) is 0 Å². The highest BCUT2D eigenvalue weighted by atomic mass is 16.5. The van der Waals surface area contributed by atoms with Crippen molar-refractivity contribution in [3.8, 4) is 17.6 Å². The second kappa shape index (κ2) is 6.78. The zero-order valence-electron chi connectivity index (χ0n) is 12.0. The number of hydrogen-bond donors (Lipinski definition) is 1. The van der Waals surface area contributed by atoms with Gasteiger partial charge in [0.2, 0.25) is 0 Å². The highest BCUT2D eigenvalue weighted by Gasteiger charge is 2.11. The molecule has 4 nitrogen and oxygen atoms in total. The molecule has 2 aromatic rings. The third-order valence-electron chi connectivity index (χ3n) is 3.14. The lowest BCUT2D eigenvalue weighted by atomic mass is 10.1. The van der Waals surface area contributed by atoms with Crippen LogP contribution in [0.2, 0.25) is 0 Å². The summed E-state index contributed by atoms with van der Waals surface area (Å²) in [6.45, 7) is 2.09. The molecule has 0 aliphatic carbocycles. The Hall–Kier alpha value is -2.51. The smallest absolute Gasteiger partial charge is 0.161 e. The van der Waals surface area contributed by atoms with Gasteiger partial charge in [-0.1, -0.05) is 18.2 Å². The molecule has 1 atom stereocenters. The summed E-state index contributed by atoms with van der Waals surface area (Å²) in [5.41, 5.74) is 2.35. The molecule has 21 heavy (non-hydrogen) atoms. The van der Waals surface area contributed by atoms with Gasteiger partial charge in [-0.2, -0.15) is 5.26 Å². The first-order valence-electron chi connectivity index (χ1n) is 6.59. The molecule has 0 aliphatic heterocycles. The van der Waals surface area contributed by atoms with E-state index < -0.39 is 6.10 Å². The molecule has 0 amide bonds. The van der Waals surface area contributed by atoms with E-state index >= 15 is 0 Å². The average Bonchev–Trinajstić information content (AvgIpc) is 2.53. The molecule has 0 spiro atoms. The lowest BCUT2D eigenvalue weighted by Crippen LogP contribution is -2.10. The molecule has 0 aliphatic rings. The third kappa shape index (κ3) is 3.74. The lowest BCUT2D eigenvalue weighted by molar-refractivity contribution is 0.106. The molecule has 0 aromatic heterocycles. The predicted molar refractivity (Wildman–Crippen MR) is 79.3 cm³/mol. The van der Waals surface area contributed by atoms with Gasteiger partial charge in [0.25, 0.3) is 0 Å². The second-order valence-corrected chi connectivity index (χ2v) is 4.71. The van der Waals surface area contributed by atoms with Crippen LogP contribution < -0.4 is 9.47 Å². The number of benzene rings is 2. The van der Waals surface area contributed by atoms with Crippen molar-refractivity contribution in [2.24, 2.45) is 0 Å². The van der Waals surface area contributed by atoms with Crippen LogP contribution in [-0.4, -0.2) is 18.8 Å². The predicted octanol–water partition coefficient (Wildman–Crippen LogP) is 2.99. The molecule has 2 aromatic carbocycles. The van der Waals surface area contributed by atoms with Crippen molar-refractivity contribution in [2.75, 3.05) is 13.7 Å². The Morgan fingerprint density at radius 2 is 1.86 bits per heavy atom. The Kier molecular flexibility index (Phi) is 4.81. The maximum atomic E-state index is 10.1. The number of aliphatic hydroxyl groups excluding tert-OH is 1. The minimum Gasteiger partial charge on any atom is -0.493 e. The van der Waals surface area contributed by atoms with E-state index in [-0.39, 0.29) is 6.61 Å². The van der Waals surface area contributed by atoms with Crippen LogP contribution in [0.25, 0.3) is 0 Å². The number of nitriles is 1. The fourth-order valence-electron chi connectivity index (χ4n) is 1.94. The lowest BCUT2D eigenvalue weighted by Gasteiger charge is -2.15. The summed E-state index contributed by atoms with van der Waals surface area (Å²) < 4.78 is 10.9. The Morgan fingerprint density at radius 3 is 2.48 bits per heavy atom. The van der Waals surface area contributed by atoms with E-state index in [1.54, 1.807) is 31.4 Å². The molecular weight excluding hydrogens is 266 g/mol. The fraction of sp³-hybridized carbons (Fsp3) is 0.235. The molecule has 0 saturated carbocycles. The van der Waals surface area contributed by atoms with Crippen LogP contribution in [0, 0.1) is 18.3 Å². The fourth-order valence-corrected chi connectivity index (χ4v) is 1.94. The minimum atomic E-state index is -0.760. The van der Waals surface area contributed by atoms with Gasteiger partial charge in [0.15, 0.2) is 11.5 Å². The van der Waals surface area contributed by atoms with Crippen molar-refractivity contribution in [1.29, 1.82) is 5.26 Å². The van der Waals surface area contributed by atoms with E-state index in [2.05, 4.69) is 0 Å². The maximum Gasteiger partial charge on any atom is 0.161 e. The number of hydrogen-bond acceptors (Lipinski definition) is 4. The average molecular weight is 283 g/mol. The van der Waals surface area contributed by atoms with Crippen molar-refractivity contribution in [1.82, 2.24) is 0 Å². The molecule has 0 fully saturated rings. The van der Waals surface area contributed by atoms with E-state index in [1.807, 2.05) is 31.2 Å². The molecular formula is C17H17NO3. The minimum absolute atomic E-state index is 0.116. The van der Waals surface area contributed by atoms with Gasteiger partial charge in [-0.05, 0) is 42.3 Å². The van der Waals surface area contributed by atoms with Crippen LogP contribution >= 0.6 is 0 Å². The normalized spacial score (nSPS) is 11.5. The Bertz CT molecular complexity index is 644. The van der Waals surface area contributed by atoms with Gasteiger partial charge >= 0.3 is 0 Å². The van der Waals surface area contributed by atoms with Gasteiger partial charge < -0.3 is 14.6 Å². The maximum absolute atomic E-state index is 10.1. The quantitative estimate of drug-likeness (QED) is 0.916. The van der Waals surface area contributed by atoms with E-state index in [0.717, 1.165) is 5.56 Å². The van der Waals surface area contributed by atoms with E-state index in [9.17, 15) is 5.11 Å². The van der Waals surface area contributed by atoms with Gasteiger partial charge in [0.05, 0.1) is 18.7 Å². The standard InChI is InChI=1S/C17H17NO3/c1-12-3-8-16(17(9-12)20-2)21-11-15(19)14-6-4-13(10-18)5-7-14/h3-9,15,19H,11H2,1-2H3. The summed E-state index contributed by atoms with van der Waals surface area (Å²) in [7, 11) is 1.58. The number of aryl methyl sites for hydroxylation is 1. The number of rotatable bonds is 5. The SMILES string of the molecule is COc1cc(C)ccc1OCC(O)c1ccc(C#N)cc1. The molecule has 0 heterocycles. The highest BCUT2D eigenvalue weighted by Crippen LogP contribution is 2.28. The first kappa shape index (κ1) is 14.9. The molecule has 2 rings (SSSR count). The van der Waals surface area contributed by atoms with Crippen LogP contribution in [0.5, 0.6) is 11.5 Å². The molecule has 1 N–H and O–H groups in total. The molecule has 0 saturated heterocycles. The van der Waals surface area contributed by atoms with Crippen molar-refractivity contribution in [3.05, 3.63) is 59.2 Å². The Morgan fingerprint density at radius 1 is 1.14 bits per heavy atom. The van der Waals surface area contributed by atoms with Gasteiger partial charge in [-0.15, -0.1) is 0 Å². The third-order valence-corrected chi connectivity index (χ3v) is 3.14. The number of aliphatic hydroxyl groups is 1. The second-order valence-electron chi connectivity index (χ2n) is 4.71. The first-order chi connectivity index (χ1) is 10.1. The number of methoxy groups -OCH3 is 1. The van der Waals surface area contributed by atoms with Crippen LogP contribution in [0.3, 0.4) is 0 Å². The molecule has 0 bridgehead atoms. The first-order valence-corrected chi connectivity index (χ1v) is 6.59. The summed E-state index contributed by atoms with van der Waals surface area (Å²) in [5.74, 6) is 1.23. The van der Waals surface area contributed by atoms with Crippen molar-refractivity contribution in [2.45, 2.75) is 13.0 Å². The number of nitrogens with zero attached hydrogens (tertiary/aromatic N) is 1. The Labute approximate surface area is 124 Å². The van der Waals surface area contributed by atoms with E-state index in [0.29, 0.717) is 22.6 Å². The highest BCUT2D eigenvalue weighted by molar-refractivity contribution is 5.42. The van der Waals surface area contributed by atoms with Gasteiger partial charge in [-0.25, -0.2) is 0 Å². The summed E-state index contributed by atoms with van der Waals surface area (Å²) in [6.07, 6.45) is -0.760. The molecule has 108 valence electrons. The monoisotopic (exact) mass is 283 g/mol. The van der Waals surface area contributed by atoms with Crippen LogP contribution in [-0.2, 0) is 0 Å². The zero-order chi connectivity index (χ0) is 15.2. The van der Waals surface area contributed by atoms with Gasteiger partial charge in [-0.3, -0.25) is 0 Å². The summed E-state index contributed by atoms with van der Waals surface area (Å²) in [5, 5.41) is 18.9.